The first-order chi connectivity index (χ1) is 16.6. The molecule has 1 amide bonds. The first-order valence-corrected chi connectivity index (χ1v) is 11.7. The number of hydrogen-bond acceptors (Lipinski definition) is 5. The molecule has 0 aliphatic heterocycles. The van der Waals surface area contributed by atoms with Gasteiger partial charge in [0.2, 0.25) is 5.91 Å². The van der Waals surface area contributed by atoms with Crippen LogP contribution >= 0.6 is 11.8 Å². The molecule has 0 saturated carbocycles. The Hall–Kier alpha value is -3.98. The van der Waals surface area contributed by atoms with Crippen molar-refractivity contribution in [3.63, 3.8) is 0 Å². The number of benzene rings is 3. The Balaban J connectivity index is 1.33. The van der Waals surface area contributed by atoms with Crippen molar-refractivity contribution in [1.82, 2.24) is 30.0 Å². The molecule has 7 nitrogen and oxygen atoms in total. The van der Waals surface area contributed by atoms with Gasteiger partial charge in [-0.1, -0.05) is 42.1 Å². The highest BCUT2D eigenvalue weighted by molar-refractivity contribution is 7.99. The van der Waals surface area contributed by atoms with E-state index in [2.05, 4.69) is 25.5 Å². The molecule has 0 bridgehead atoms. The standard InChI is InChI=1S/C25H21FN6OS/c1-16(23-28-20-9-5-6-10-21(20)29-23)27-22(33)15-34-25-31-30-24(17-11-13-18(26)14-12-17)32(25)19-7-3-2-4-8-19/h2-14,16H,15H2,1H3,(H,27,33)(H,28,29). The smallest absolute Gasteiger partial charge is 0.231 e. The minimum atomic E-state index is -0.320. The van der Waals surface area contributed by atoms with Crippen molar-refractivity contribution < 1.29 is 9.18 Å². The van der Waals surface area contributed by atoms with Crippen LogP contribution in [0.4, 0.5) is 4.39 Å². The lowest BCUT2D eigenvalue weighted by Crippen LogP contribution is -2.29. The third kappa shape index (κ3) is 4.55. The summed E-state index contributed by atoms with van der Waals surface area (Å²) in [5.41, 5.74) is 3.37. The minimum absolute atomic E-state index is 0.149. The zero-order chi connectivity index (χ0) is 23.5. The summed E-state index contributed by atoms with van der Waals surface area (Å²) in [7, 11) is 0. The van der Waals surface area contributed by atoms with Gasteiger partial charge < -0.3 is 10.3 Å². The Kier molecular flexibility index (Phi) is 6.09. The van der Waals surface area contributed by atoms with E-state index in [-0.39, 0.29) is 23.5 Å². The molecule has 9 heteroatoms. The van der Waals surface area contributed by atoms with Gasteiger partial charge in [-0.3, -0.25) is 9.36 Å². The molecule has 0 saturated heterocycles. The number of nitrogens with zero attached hydrogens (tertiary/aromatic N) is 4. The number of H-pyrrole nitrogens is 1. The van der Waals surface area contributed by atoms with Gasteiger partial charge in [-0.25, -0.2) is 9.37 Å². The van der Waals surface area contributed by atoms with Gasteiger partial charge in [-0.2, -0.15) is 0 Å². The highest BCUT2D eigenvalue weighted by atomic mass is 32.2. The minimum Gasteiger partial charge on any atom is -0.346 e. The van der Waals surface area contributed by atoms with Crippen molar-refractivity contribution in [3.8, 4) is 17.1 Å². The van der Waals surface area contributed by atoms with Crippen LogP contribution in [0.3, 0.4) is 0 Å². The number of amides is 1. The number of aromatic nitrogens is 5. The number of carbonyl (C=O) groups excluding carboxylic acids is 1. The van der Waals surface area contributed by atoms with Gasteiger partial charge >= 0.3 is 0 Å². The van der Waals surface area contributed by atoms with Crippen LogP contribution in [-0.4, -0.2) is 36.4 Å². The van der Waals surface area contributed by atoms with Gasteiger partial charge in [0.25, 0.3) is 0 Å². The van der Waals surface area contributed by atoms with E-state index in [0.29, 0.717) is 16.8 Å². The van der Waals surface area contributed by atoms with Crippen LogP contribution in [0.2, 0.25) is 0 Å². The van der Waals surface area contributed by atoms with Crippen LogP contribution in [0, 0.1) is 5.82 Å². The van der Waals surface area contributed by atoms with Crippen LogP contribution < -0.4 is 5.32 Å². The fourth-order valence-electron chi connectivity index (χ4n) is 3.62. The predicted molar refractivity (Wildman–Crippen MR) is 130 cm³/mol. The van der Waals surface area contributed by atoms with Crippen molar-refractivity contribution in [3.05, 3.63) is 90.5 Å². The second-order valence-corrected chi connectivity index (χ2v) is 8.64. The lowest BCUT2D eigenvalue weighted by molar-refractivity contribution is -0.119. The quantitative estimate of drug-likeness (QED) is 0.328. The summed E-state index contributed by atoms with van der Waals surface area (Å²) in [4.78, 5) is 20.5. The van der Waals surface area contributed by atoms with Crippen molar-refractivity contribution >= 4 is 28.7 Å². The summed E-state index contributed by atoms with van der Waals surface area (Å²) in [6.45, 7) is 1.89. The molecule has 3 aromatic carbocycles. The van der Waals surface area contributed by atoms with E-state index in [0.717, 1.165) is 22.3 Å². The van der Waals surface area contributed by atoms with E-state index in [1.807, 2.05) is 66.1 Å². The number of hydrogen-bond donors (Lipinski definition) is 2. The van der Waals surface area contributed by atoms with E-state index in [1.165, 1.54) is 23.9 Å². The van der Waals surface area contributed by atoms with E-state index in [9.17, 15) is 9.18 Å². The molecule has 0 radical (unpaired) electrons. The summed E-state index contributed by atoms with van der Waals surface area (Å²) in [6, 6.07) is 23.2. The van der Waals surface area contributed by atoms with E-state index < -0.39 is 0 Å². The molecule has 0 spiro atoms. The second-order valence-electron chi connectivity index (χ2n) is 7.70. The van der Waals surface area contributed by atoms with E-state index in [4.69, 9.17) is 0 Å². The van der Waals surface area contributed by atoms with Crippen molar-refractivity contribution in [2.45, 2.75) is 18.1 Å². The third-order valence-corrected chi connectivity index (χ3v) is 6.21. The Bertz CT molecular complexity index is 1400. The maximum absolute atomic E-state index is 13.4. The van der Waals surface area contributed by atoms with Crippen LogP contribution in [0.1, 0.15) is 18.8 Å². The van der Waals surface area contributed by atoms with Crippen LogP contribution in [-0.2, 0) is 4.79 Å². The monoisotopic (exact) mass is 472 g/mol. The lowest BCUT2D eigenvalue weighted by atomic mass is 10.2. The zero-order valence-corrected chi connectivity index (χ0v) is 19.1. The number of halogens is 1. The maximum Gasteiger partial charge on any atom is 0.231 e. The van der Waals surface area contributed by atoms with E-state index >= 15 is 0 Å². The molecule has 0 fully saturated rings. The second kappa shape index (κ2) is 9.48. The third-order valence-electron chi connectivity index (χ3n) is 5.28. The largest absolute Gasteiger partial charge is 0.346 e. The van der Waals surface area contributed by atoms with Crippen molar-refractivity contribution in [2.75, 3.05) is 5.75 Å². The topological polar surface area (TPSA) is 88.5 Å². The van der Waals surface area contributed by atoms with Crippen LogP contribution in [0.5, 0.6) is 0 Å². The normalized spacial score (nSPS) is 12.1. The molecule has 2 heterocycles. The van der Waals surface area contributed by atoms with Gasteiger partial charge in [0.1, 0.15) is 11.6 Å². The van der Waals surface area contributed by atoms with Gasteiger partial charge in [-0.15, -0.1) is 10.2 Å². The summed E-state index contributed by atoms with van der Waals surface area (Å²) >= 11 is 1.28. The number of para-hydroxylation sites is 3. The highest BCUT2D eigenvalue weighted by Crippen LogP contribution is 2.28. The van der Waals surface area contributed by atoms with Crippen LogP contribution in [0.15, 0.2) is 84.0 Å². The molecular weight excluding hydrogens is 451 g/mol. The van der Waals surface area contributed by atoms with Gasteiger partial charge in [-0.05, 0) is 55.5 Å². The SMILES string of the molecule is CC(NC(=O)CSc1nnc(-c2ccc(F)cc2)n1-c1ccccc1)c1nc2ccccc2[nH]1. The fourth-order valence-corrected chi connectivity index (χ4v) is 4.38. The summed E-state index contributed by atoms with van der Waals surface area (Å²) < 4.78 is 15.3. The molecular formula is C25H21FN6OS. The first-order valence-electron chi connectivity index (χ1n) is 10.7. The number of nitrogens with one attached hydrogen (secondary N) is 2. The fraction of sp³-hybridized carbons (Fsp3) is 0.120. The Morgan fingerprint density at radius 1 is 1.03 bits per heavy atom. The lowest BCUT2D eigenvalue weighted by Gasteiger charge is -2.12. The molecule has 1 unspecified atom stereocenters. The molecule has 2 N–H and O–H groups in total. The molecule has 0 aliphatic carbocycles. The summed E-state index contributed by atoms with van der Waals surface area (Å²) in [5, 5.41) is 12.2. The molecule has 170 valence electrons. The number of imidazole rings is 1. The number of fused-ring (bicyclic) bond motifs is 1. The summed E-state index contributed by atoms with van der Waals surface area (Å²) in [6.07, 6.45) is 0. The first kappa shape index (κ1) is 21.8. The average molecular weight is 473 g/mol. The predicted octanol–water partition coefficient (Wildman–Crippen LogP) is 4.92. The molecule has 34 heavy (non-hydrogen) atoms. The van der Waals surface area contributed by atoms with Gasteiger partial charge in [0.15, 0.2) is 11.0 Å². The van der Waals surface area contributed by atoms with Crippen LogP contribution in [0.25, 0.3) is 28.1 Å². The summed E-state index contributed by atoms with van der Waals surface area (Å²) in [5.74, 6) is 0.956. The number of aromatic amines is 1. The number of rotatable bonds is 7. The van der Waals surface area contributed by atoms with Gasteiger partial charge in [0, 0.05) is 11.3 Å². The average Bonchev–Trinajstić information content (AvgIpc) is 3.48. The maximum atomic E-state index is 13.4. The van der Waals surface area contributed by atoms with E-state index in [1.54, 1.807) is 12.1 Å². The van der Waals surface area contributed by atoms with Gasteiger partial charge in [0.05, 0.1) is 22.8 Å². The number of carbonyl (C=O) groups is 1. The molecule has 2 aromatic heterocycles. The Labute approximate surface area is 199 Å². The molecule has 0 aliphatic rings. The van der Waals surface area contributed by atoms with Crippen molar-refractivity contribution in [2.24, 2.45) is 0 Å². The molecule has 5 aromatic rings. The Morgan fingerprint density at radius 3 is 2.53 bits per heavy atom. The highest BCUT2D eigenvalue weighted by Gasteiger charge is 2.19. The van der Waals surface area contributed by atoms with Crippen molar-refractivity contribution in [1.29, 1.82) is 0 Å². The number of thioether (sulfide) groups is 1. The molecule has 1 atom stereocenters. The zero-order valence-electron chi connectivity index (χ0n) is 18.3. The molecule has 5 rings (SSSR count). The Morgan fingerprint density at radius 2 is 1.76 bits per heavy atom.